The van der Waals surface area contributed by atoms with E-state index in [1.807, 2.05) is 31.2 Å². The van der Waals surface area contributed by atoms with E-state index in [1.165, 1.54) is 0 Å². The summed E-state index contributed by atoms with van der Waals surface area (Å²) < 4.78 is 1.69. The lowest BCUT2D eigenvalue weighted by atomic mass is 10.0. The fraction of sp³-hybridized carbons (Fsp3) is 0.438. The number of hydrogen-bond acceptors (Lipinski definition) is 1. The van der Waals surface area contributed by atoms with Crippen LogP contribution in [-0.4, -0.2) is 9.78 Å². The first-order valence-corrected chi connectivity index (χ1v) is 6.93. The van der Waals surface area contributed by atoms with Gasteiger partial charge in [-0.2, -0.15) is 0 Å². The minimum absolute atomic E-state index is 0.0971. The summed E-state index contributed by atoms with van der Waals surface area (Å²) in [7, 11) is 0. The van der Waals surface area contributed by atoms with E-state index in [1.54, 1.807) is 4.68 Å². The Bertz CT molecular complexity index is 620. The number of nitrogens with zero attached hydrogens (tertiary/aromatic N) is 1. The molecule has 0 unspecified atom stereocenters. The van der Waals surface area contributed by atoms with E-state index in [2.05, 4.69) is 25.9 Å². The first-order valence-electron chi connectivity index (χ1n) is 6.93. The maximum absolute atomic E-state index is 12.6. The molecule has 2 aromatic rings. The van der Waals surface area contributed by atoms with Crippen LogP contribution >= 0.6 is 0 Å². The lowest BCUT2D eigenvalue weighted by Gasteiger charge is -2.05. The molecule has 0 bridgehead atoms. The van der Waals surface area contributed by atoms with Gasteiger partial charge in [-0.25, -0.2) is 4.68 Å². The molecule has 1 aromatic heterocycles. The molecule has 1 N–H and O–H groups in total. The van der Waals surface area contributed by atoms with Crippen LogP contribution in [0.3, 0.4) is 0 Å². The molecule has 0 aliphatic heterocycles. The van der Waals surface area contributed by atoms with Gasteiger partial charge in [0.15, 0.2) is 0 Å². The molecule has 0 radical (unpaired) electrons. The van der Waals surface area contributed by atoms with Gasteiger partial charge in [0.25, 0.3) is 5.56 Å². The van der Waals surface area contributed by atoms with Crippen molar-refractivity contribution in [2.24, 2.45) is 5.92 Å². The molecule has 2 rings (SSSR count). The Kier molecular flexibility index (Phi) is 3.93. The zero-order valence-electron chi connectivity index (χ0n) is 12.2. The minimum Gasteiger partial charge on any atom is -0.295 e. The predicted octanol–water partition coefficient (Wildman–Crippen LogP) is 3.23. The Morgan fingerprint density at radius 3 is 2.53 bits per heavy atom. The molecule has 1 aromatic carbocycles. The molecular weight excluding hydrogens is 236 g/mol. The highest BCUT2D eigenvalue weighted by atomic mass is 16.1. The average molecular weight is 258 g/mol. The predicted molar refractivity (Wildman–Crippen MR) is 79.0 cm³/mol. The fourth-order valence-electron chi connectivity index (χ4n) is 2.41. The van der Waals surface area contributed by atoms with Crippen LogP contribution in [0, 0.1) is 12.8 Å². The zero-order valence-corrected chi connectivity index (χ0v) is 12.2. The van der Waals surface area contributed by atoms with Gasteiger partial charge in [0, 0.05) is 11.3 Å². The third kappa shape index (κ3) is 2.65. The molecule has 1 heterocycles. The third-order valence-electron chi connectivity index (χ3n) is 3.39. The molecule has 0 saturated heterocycles. The topological polar surface area (TPSA) is 37.8 Å². The number of aromatic amines is 1. The molecule has 0 aliphatic rings. The van der Waals surface area contributed by atoms with Gasteiger partial charge >= 0.3 is 0 Å². The number of hydrogen-bond donors (Lipinski definition) is 1. The summed E-state index contributed by atoms with van der Waals surface area (Å²) in [6, 6.07) is 7.95. The highest BCUT2D eigenvalue weighted by molar-refractivity contribution is 5.40. The third-order valence-corrected chi connectivity index (χ3v) is 3.39. The molecule has 3 nitrogen and oxygen atoms in total. The number of benzene rings is 1. The van der Waals surface area contributed by atoms with Crippen molar-refractivity contribution in [2.45, 2.75) is 40.5 Å². The second-order valence-corrected chi connectivity index (χ2v) is 5.45. The van der Waals surface area contributed by atoms with Crippen molar-refractivity contribution < 1.29 is 0 Å². The van der Waals surface area contributed by atoms with Crippen molar-refractivity contribution in [2.75, 3.05) is 0 Å². The molecule has 19 heavy (non-hydrogen) atoms. The van der Waals surface area contributed by atoms with Crippen LogP contribution in [0.1, 0.15) is 37.6 Å². The van der Waals surface area contributed by atoms with Gasteiger partial charge in [-0.3, -0.25) is 9.89 Å². The molecule has 0 fully saturated rings. The highest BCUT2D eigenvalue weighted by Crippen LogP contribution is 2.14. The van der Waals surface area contributed by atoms with E-state index in [0.717, 1.165) is 35.3 Å². The second-order valence-electron chi connectivity index (χ2n) is 5.45. The average Bonchev–Trinajstić information content (AvgIpc) is 2.67. The quantitative estimate of drug-likeness (QED) is 0.898. The number of aryl methyl sites for hydroxylation is 2. The zero-order chi connectivity index (χ0) is 14.0. The van der Waals surface area contributed by atoms with Gasteiger partial charge in [0.05, 0.1) is 5.69 Å². The van der Waals surface area contributed by atoms with Crippen molar-refractivity contribution in [3.8, 4) is 5.69 Å². The Morgan fingerprint density at radius 2 is 1.95 bits per heavy atom. The molecule has 0 amide bonds. The summed E-state index contributed by atoms with van der Waals surface area (Å²) in [4.78, 5) is 12.6. The molecule has 0 spiro atoms. The standard InChI is InChI=1S/C16H22N2O/c1-5-14-13(10-11(2)3)16(19)18(17-14)15-9-7-6-8-12(15)4/h6-9,11,17H,5,10H2,1-4H3. The smallest absolute Gasteiger partial charge is 0.274 e. The first kappa shape index (κ1) is 13.7. The largest absolute Gasteiger partial charge is 0.295 e. The van der Waals surface area contributed by atoms with Gasteiger partial charge < -0.3 is 0 Å². The van der Waals surface area contributed by atoms with Crippen LogP contribution in [-0.2, 0) is 12.8 Å². The van der Waals surface area contributed by atoms with Crippen molar-refractivity contribution >= 4 is 0 Å². The van der Waals surface area contributed by atoms with Gasteiger partial charge in [-0.05, 0) is 37.3 Å². The van der Waals surface area contributed by atoms with Crippen LogP contribution in [0.5, 0.6) is 0 Å². The lowest BCUT2D eigenvalue weighted by Crippen LogP contribution is -2.19. The summed E-state index contributed by atoms with van der Waals surface area (Å²) in [6.45, 7) is 8.39. The first-order chi connectivity index (χ1) is 9.04. The second kappa shape index (κ2) is 5.47. The number of rotatable bonds is 4. The molecule has 0 atom stereocenters. The van der Waals surface area contributed by atoms with Gasteiger partial charge in [-0.1, -0.05) is 39.0 Å². The Labute approximate surface area is 114 Å². The molecular formula is C16H22N2O. The van der Waals surface area contributed by atoms with Crippen LogP contribution < -0.4 is 5.56 Å². The maximum atomic E-state index is 12.6. The van der Waals surface area contributed by atoms with Crippen molar-refractivity contribution in [1.82, 2.24) is 9.78 Å². The van der Waals surface area contributed by atoms with Gasteiger partial charge in [-0.15, -0.1) is 0 Å². The van der Waals surface area contributed by atoms with Crippen LogP contribution in [0.15, 0.2) is 29.1 Å². The van der Waals surface area contributed by atoms with Crippen LogP contribution in [0.25, 0.3) is 5.69 Å². The Morgan fingerprint density at radius 1 is 1.26 bits per heavy atom. The molecule has 3 heteroatoms. The van der Waals surface area contributed by atoms with E-state index in [4.69, 9.17) is 0 Å². The SMILES string of the molecule is CCc1[nH]n(-c2ccccc2C)c(=O)c1CC(C)C. The Hall–Kier alpha value is -1.77. The monoisotopic (exact) mass is 258 g/mol. The molecule has 0 saturated carbocycles. The fourth-order valence-corrected chi connectivity index (χ4v) is 2.41. The normalized spacial score (nSPS) is 11.2. The summed E-state index contributed by atoms with van der Waals surface area (Å²) in [5, 5.41) is 3.27. The van der Waals surface area contributed by atoms with Crippen molar-refractivity contribution in [3.05, 3.63) is 51.4 Å². The molecule has 102 valence electrons. The number of aromatic nitrogens is 2. The number of H-pyrrole nitrogens is 1. The Balaban J connectivity index is 2.57. The summed E-state index contributed by atoms with van der Waals surface area (Å²) >= 11 is 0. The molecule has 0 aliphatic carbocycles. The number of nitrogens with one attached hydrogen (secondary N) is 1. The summed E-state index contributed by atoms with van der Waals surface area (Å²) in [5.41, 5.74) is 4.13. The van der Waals surface area contributed by atoms with E-state index in [-0.39, 0.29) is 5.56 Å². The summed E-state index contributed by atoms with van der Waals surface area (Å²) in [5.74, 6) is 0.485. The van der Waals surface area contributed by atoms with E-state index in [0.29, 0.717) is 5.92 Å². The lowest BCUT2D eigenvalue weighted by molar-refractivity contribution is 0.640. The van der Waals surface area contributed by atoms with E-state index in [9.17, 15) is 4.79 Å². The van der Waals surface area contributed by atoms with E-state index >= 15 is 0 Å². The summed E-state index contributed by atoms with van der Waals surface area (Å²) in [6.07, 6.45) is 1.69. The minimum atomic E-state index is 0.0971. The van der Waals surface area contributed by atoms with E-state index < -0.39 is 0 Å². The maximum Gasteiger partial charge on any atom is 0.274 e. The number of para-hydroxylation sites is 1. The highest BCUT2D eigenvalue weighted by Gasteiger charge is 2.15. The van der Waals surface area contributed by atoms with Crippen LogP contribution in [0.2, 0.25) is 0 Å². The van der Waals surface area contributed by atoms with Crippen molar-refractivity contribution in [3.63, 3.8) is 0 Å². The van der Waals surface area contributed by atoms with Gasteiger partial charge in [0.2, 0.25) is 0 Å². The van der Waals surface area contributed by atoms with Crippen LogP contribution in [0.4, 0.5) is 0 Å². The van der Waals surface area contributed by atoms with Gasteiger partial charge in [0.1, 0.15) is 0 Å². The van der Waals surface area contributed by atoms with Crippen molar-refractivity contribution in [1.29, 1.82) is 0 Å².